The maximum Gasteiger partial charge on any atom is 0.227 e. The molecule has 172 valence electrons. The van der Waals surface area contributed by atoms with Gasteiger partial charge >= 0.3 is 0 Å². The molecule has 0 atom stereocenters. The van der Waals surface area contributed by atoms with Crippen molar-refractivity contribution < 1.29 is 18.0 Å². The number of piperidine rings is 1. The lowest BCUT2D eigenvalue weighted by molar-refractivity contribution is -0.131. The number of hydrogen-bond donors (Lipinski definition) is 1. The number of amides is 2. The molecule has 2 fully saturated rings. The summed E-state index contributed by atoms with van der Waals surface area (Å²) in [5.41, 5.74) is 1.70. The molecule has 1 saturated carbocycles. The van der Waals surface area contributed by atoms with E-state index < -0.39 is 9.84 Å². The van der Waals surface area contributed by atoms with Crippen LogP contribution < -0.4 is 5.32 Å². The van der Waals surface area contributed by atoms with E-state index in [9.17, 15) is 18.0 Å². The average Bonchev–Trinajstić information content (AvgIpc) is 2.76. The van der Waals surface area contributed by atoms with E-state index in [-0.39, 0.29) is 34.7 Å². The molecule has 2 aliphatic rings. The summed E-state index contributed by atoms with van der Waals surface area (Å²) in [6.07, 6.45) is 7.23. The smallest absolute Gasteiger partial charge is 0.227 e. The Morgan fingerprint density at radius 2 is 1.61 bits per heavy atom. The normalized spacial score (nSPS) is 18.9. The predicted octanol–water partition coefficient (Wildman–Crippen LogP) is 3.81. The van der Waals surface area contributed by atoms with E-state index in [4.69, 9.17) is 0 Å². The molecule has 1 aliphatic heterocycles. The molecule has 2 amide bonds. The van der Waals surface area contributed by atoms with Crippen LogP contribution >= 0.6 is 0 Å². The summed E-state index contributed by atoms with van der Waals surface area (Å²) in [7, 11) is -3.04. The first-order chi connectivity index (χ1) is 14.7. The number of anilines is 1. The van der Waals surface area contributed by atoms with Crippen molar-refractivity contribution in [1.29, 1.82) is 0 Å². The highest BCUT2D eigenvalue weighted by molar-refractivity contribution is 7.91. The van der Waals surface area contributed by atoms with E-state index in [1.54, 1.807) is 13.8 Å². The lowest BCUT2D eigenvalue weighted by atomic mass is 9.88. The van der Waals surface area contributed by atoms with E-state index in [1.807, 2.05) is 29.2 Å². The molecule has 0 unspecified atom stereocenters. The summed E-state index contributed by atoms with van der Waals surface area (Å²) in [5, 5.41) is 2.66. The maximum absolute atomic E-state index is 12.7. The van der Waals surface area contributed by atoms with Crippen LogP contribution in [0.25, 0.3) is 0 Å². The Labute approximate surface area is 186 Å². The van der Waals surface area contributed by atoms with Gasteiger partial charge in [0.05, 0.1) is 17.4 Å². The van der Waals surface area contributed by atoms with Crippen LogP contribution in [-0.2, 0) is 25.8 Å². The third kappa shape index (κ3) is 6.79. The molecule has 0 radical (unpaired) electrons. The van der Waals surface area contributed by atoms with Crippen molar-refractivity contribution in [3.8, 4) is 0 Å². The molecule has 1 aliphatic carbocycles. The van der Waals surface area contributed by atoms with E-state index in [2.05, 4.69) is 5.32 Å². The molecule has 1 aromatic carbocycles. The fraction of sp³-hybridized carbons (Fsp3) is 0.667. The highest BCUT2D eigenvalue weighted by atomic mass is 32.2. The minimum atomic E-state index is -3.04. The lowest BCUT2D eigenvalue weighted by Crippen LogP contribution is -2.41. The summed E-state index contributed by atoms with van der Waals surface area (Å²) >= 11 is 0. The van der Waals surface area contributed by atoms with Gasteiger partial charge in [-0.25, -0.2) is 8.42 Å². The van der Waals surface area contributed by atoms with Gasteiger partial charge in [0, 0.05) is 24.7 Å². The molecule has 6 nitrogen and oxygen atoms in total. The minimum Gasteiger partial charge on any atom is -0.342 e. The summed E-state index contributed by atoms with van der Waals surface area (Å²) in [5.74, 6) is 0.660. The zero-order valence-electron chi connectivity index (χ0n) is 18.8. The zero-order chi connectivity index (χ0) is 22.4. The molecule has 0 bridgehead atoms. The minimum absolute atomic E-state index is 0.0733. The number of nitrogens with one attached hydrogen (secondary N) is 1. The monoisotopic (exact) mass is 448 g/mol. The van der Waals surface area contributed by atoms with Crippen LogP contribution in [0.1, 0.15) is 64.4 Å². The molecule has 3 rings (SSSR count). The van der Waals surface area contributed by atoms with Gasteiger partial charge < -0.3 is 10.2 Å². The van der Waals surface area contributed by atoms with Crippen molar-refractivity contribution in [2.75, 3.05) is 24.2 Å². The van der Waals surface area contributed by atoms with Gasteiger partial charge in [0.15, 0.2) is 9.84 Å². The van der Waals surface area contributed by atoms with Crippen LogP contribution in [0.4, 0.5) is 5.69 Å². The Balaban J connectivity index is 1.45. The summed E-state index contributed by atoms with van der Waals surface area (Å²) in [4.78, 5) is 26.9. The molecule has 1 N–H and O–H groups in total. The van der Waals surface area contributed by atoms with Gasteiger partial charge in [-0.1, -0.05) is 31.4 Å². The second-order valence-corrected chi connectivity index (χ2v) is 12.0. The Bertz CT molecular complexity index is 850. The van der Waals surface area contributed by atoms with E-state index in [0.29, 0.717) is 19.5 Å². The third-order valence-corrected chi connectivity index (χ3v) is 9.08. The Kier molecular flexibility index (Phi) is 8.14. The molecule has 1 heterocycles. The Morgan fingerprint density at radius 3 is 2.19 bits per heavy atom. The van der Waals surface area contributed by atoms with E-state index in [1.165, 1.54) is 6.42 Å². The topological polar surface area (TPSA) is 83.6 Å². The molecular weight excluding hydrogens is 412 g/mol. The molecule has 0 spiro atoms. The first-order valence-corrected chi connectivity index (χ1v) is 13.4. The van der Waals surface area contributed by atoms with Crippen molar-refractivity contribution in [3.05, 3.63) is 29.8 Å². The first-order valence-electron chi connectivity index (χ1n) is 11.6. The first kappa shape index (κ1) is 23.8. The van der Waals surface area contributed by atoms with Gasteiger partial charge in [-0.2, -0.15) is 0 Å². The van der Waals surface area contributed by atoms with Crippen molar-refractivity contribution in [2.45, 2.75) is 70.5 Å². The van der Waals surface area contributed by atoms with Crippen LogP contribution in [-0.4, -0.2) is 49.2 Å². The van der Waals surface area contributed by atoms with Gasteiger partial charge in [-0.3, -0.25) is 9.59 Å². The fourth-order valence-corrected chi connectivity index (χ4v) is 5.85. The number of sulfone groups is 1. The maximum atomic E-state index is 12.7. The lowest BCUT2D eigenvalue weighted by Gasteiger charge is -2.32. The number of benzene rings is 1. The molecular formula is C24H36N2O4S. The largest absolute Gasteiger partial charge is 0.342 e. The number of carbonyl (C=O) groups is 2. The van der Waals surface area contributed by atoms with Gasteiger partial charge in [-0.05, 0) is 63.1 Å². The van der Waals surface area contributed by atoms with Crippen LogP contribution in [0.2, 0.25) is 0 Å². The van der Waals surface area contributed by atoms with Crippen LogP contribution in [0.15, 0.2) is 24.3 Å². The van der Waals surface area contributed by atoms with Gasteiger partial charge in [0.2, 0.25) is 11.8 Å². The SMILES string of the molecule is CC(C)S(=O)(=O)CC1CCN(C(=O)Cc2ccc(NC(=O)C3CCCCC3)cc2)CC1. The Morgan fingerprint density at radius 1 is 1.00 bits per heavy atom. The van der Waals surface area contributed by atoms with Gasteiger partial charge in [0.25, 0.3) is 0 Å². The zero-order valence-corrected chi connectivity index (χ0v) is 19.6. The number of nitrogens with zero attached hydrogens (tertiary/aromatic N) is 1. The number of hydrogen-bond acceptors (Lipinski definition) is 4. The van der Waals surface area contributed by atoms with Crippen molar-refractivity contribution in [1.82, 2.24) is 4.90 Å². The fourth-order valence-electron chi connectivity index (χ4n) is 4.47. The molecule has 31 heavy (non-hydrogen) atoms. The van der Waals surface area contributed by atoms with E-state index in [0.717, 1.165) is 49.8 Å². The second-order valence-electron chi connectivity index (χ2n) is 9.40. The van der Waals surface area contributed by atoms with Gasteiger partial charge in [0.1, 0.15) is 0 Å². The number of rotatable bonds is 7. The van der Waals surface area contributed by atoms with Crippen LogP contribution in [0, 0.1) is 11.8 Å². The Hall–Kier alpha value is -1.89. The van der Waals surface area contributed by atoms with Crippen LogP contribution in [0.3, 0.4) is 0 Å². The highest BCUT2D eigenvalue weighted by Crippen LogP contribution is 2.25. The second kappa shape index (κ2) is 10.6. The van der Waals surface area contributed by atoms with Crippen molar-refractivity contribution in [3.63, 3.8) is 0 Å². The molecule has 1 saturated heterocycles. The molecule has 1 aromatic rings. The third-order valence-electron chi connectivity index (χ3n) is 6.71. The number of likely N-dealkylation sites (tertiary alicyclic amines) is 1. The molecule has 7 heteroatoms. The molecule has 0 aromatic heterocycles. The summed E-state index contributed by atoms with van der Waals surface area (Å²) < 4.78 is 24.3. The average molecular weight is 449 g/mol. The van der Waals surface area contributed by atoms with E-state index >= 15 is 0 Å². The van der Waals surface area contributed by atoms with Gasteiger partial charge in [-0.15, -0.1) is 0 Å². The van der Waals surface area contributed by atoms with Crippen molar-refractivity contribution >= 4 is 27.3 Å². The predicted molar refractivity (Wildman–Crippen MR) is 124 cm³/mol. The quantitative estimate of drug-likeness (QED) is 0.687. The van der Waals surface area contributed by atoms with Crippen LogP contribution in [0.5, 0.6) is 0 Å². The summed E-state index contributed by atoms with van der Waals surface area (Å²) in [6.45, 7) is 4.68. The van der Waals surface area contributed by atoms with Crippen molar-refractivity contribution in [2.24, 2.45) is 11.8 Å². The summed E-state index contributed by atoms with van der Waals surface area (Å²) in [6, 6.07) is 7.53. The highest BCUT2D eigenvalue weighted by Gasteiger charge is 2.28. The standard InChI is InChI=1S/C24H36N2O4S/c1-18(2)31(29,30)17-20-12-14-26(15-13-20)23(27)16-19-8-10-22(11-9-19)25-24(28)21-6-4-3-5-7-21/h8-11,18,20-21H,3-7,12-17H2,1-2H3,(H,25,28). The number of carbonyl (C=O) groups excluding carboxylic acids is 2.